The van der Waals surface area contributed by atoms with Crippen LogP contribution >= 0.6 is 0 Å². The van der Waals surface area contributed by atoms with Gasteiger partial charge < -0.3 is 10.1 Å². The van der Waals surface area contributed by atoms with E-state index in [1.165, 1.54) is 17.5 Å². The van der Waals surface area contributed by atoms with Gasteiger partial charge in [-0.2, -0.15) is 0 Å². The van der Waals surface area contributed by atoms with Crippen LogP contribution in [0, 0.1) is 6.92 Å². The van der Waals surface area contributed by atoms with Crippen LogP contribution in [0.1, 0.15) is 50.2 Å². The highest BCUT2D eigenvalue weighted by atomic mass is 16.5. The molecule has 1 aliphatic carbocycles. The maximum atomic E-state index is 6.08. The molecule has 0 spiro atoms. The molecule has 0 aromatic heterocycles. The van der Waals surface area contributed by atoms with Crippen molar-refractivity contribution in [2.24, 2.45) is 0 Å². The Morgan fingerprint density at radius 3 is 2.61 bits per heavy atom. The van der Waals surface area contributed by atoms with Crippen molar-refractivity contribution in [1.29, 1.82) is 0 Å². The minimum absolute atomic E-state index is 0.381. The number of nitrogens with one attached hydrogen (secondary N) is 1. The Balaban J connectivity index is 2.00. The summed E-state index contributed by atoms with van der Waals surface area (Å²) in [5.41, 5.74) is 2.76. The third kappa shape index (κ3) is 3.05. The molecular formula is C16H25NO. The van der Waals surface area contributed by atoms with Gasteiger partial charge in [-0.25, -0.2) is 0 Å². The van der Waals surface area contributed by atoms with Crippen LogP contribution in [0.2, 0.25) is 0 Å². The van der Waals surface area contributed by atoms with Crippen molar-refractivity contribution in [2.45, 2.75) is 58.1 Å². The van der Waals surface area contributed by atoms with Gasteiger partial charge in [-0.3, -0.25) is 0 Å². The quantitative estimate of drug-likeness (QED) is 0.877. The van der Waals surface area contributed by atoms with Crippen LogP contribution in [0.5, 0.6) is 5.75 Å². The van der Waals surface area contributed by atoms with Crippen molar-refractivity contribution in [1.82, 2.24) is 5.32 Å². The Labute approximate surface area is 111 Å². The Bertz CT molecular complexity index is 400. The molecule has 1 aliphatic rings. The van der Waals surface area contributed by atoms with E-state index < -0.39 is 0 Å². The van der Waals surface area contributed by atoms with Gasteiger partial charge >= 0.3 is 0 Å². The monoisotopic (exact) mass is 247 g/mol. The molecule has 100 valence electrons. The first-order chi connectivity index (χ1) is 8.60. The summed E-state index contributed by atoms with van der Waals surface area (Å²) >= 11 is 0. The molecular weight excluding hydrogens is 222 g/mol. The Morgan fingerprint density at radius 1 is 1.28 bits per heavy atom. The van der Waals surface area contributed by atoms with Crippen molar-refractivity contribution in [3.05, 3.63) is 29.3 Å². The third-order valence-corrected chi connectivity index (χ3v) is 3.96. The number of rotatable bonds is 4. The van der Waals surface area contributed by atoms with E-state index in [-0.39, 0.29) is 0 Å². The SMILES string of the molecule is CNC1CCC(Oc2ccc(C(C)C)c(C)c2)C1. The standard InChI is InChI=1S/C16H25NO/c1-11(2)16-8-7-14(9-12(16)3)18-15-6-5-13(10-15)17-4/h7-9,11,13,15,17H,5-6,10H2,1-4H3. The number of benzene rings is 1. The topological polar surface area (TPSA) is 21.3 Å². The predicted octanol–water partition coefficient (Wildman–Crippen LogP) is 3.64. The minimum Gasteiger partial charge on any atom is -0.490 e. The molecule has 2 atom stereocenters. The first kappa shape index (κ1) is 13.4. The maximum Gasteiger partial charge on any atom is 0.120 e. The van der Waals surface area contributed by atoms with E-state index in [1.54, 1.807) is 0 Å². The van der Waals surface area contributed by atoms with Crippen LogP contribution in [0.25, 0.3) is 0 Å². The number of hydrogen-bond acceptors (Lipinski definition) is 2. The summed E-state index contributed by atoms with van der Waals surface area (Å²) in [5, 5.41) is 3.34. The molecule has 0 bridgehead atoms. The second-order valence-electron chi connectivity index (χ2n) is 5.71. The zero-order valence-corrected chi connectivity index (χ0v) is 12.0. The molecule has 0 aliphatic heterocycles. The lowest BCUT2D eigenvalue weighted by atomic mass is 9.98. The first-order valence-corrected chi connectivity index (χ1v) is 7.04. The van der Waals surface area contributed by atoms with Crippen molar-refractivity contribution >= 4 is 0 Å². The fourth-order valence-corrected chi connectivity index (χ4v) is 2.87. The Morgan fingerprint density at radius 2 is 2.06 bits per heavy atom. The molecule has 2 heteroatoms. The molecule has 18 heavy (non-hydrogen) atoms. The average molecular weight is 247 g/mol. The first-order valence-electron chi connectivity index (χ1n) is 7.04. The summed E-state index contributed by atoms with van der Waals surface area (Å²) < 4.78 is 6.08. The summed E-state index contributed by atoms with van der Waals surface area (Å²) in [4.78, 5) is 0. The maximum absolute atomic E-state index is 6.08. The number of ether oxygens (including phenoxy) is 1. The highest BCUT2D eigenvalue weighted by Gasteiger charge is 2.24. The molecule has 1 aromatic rings. The highest BCUT2D eigenvalue weighted by molar-refractivity contribution is 5.36. The molecule has 1 N–H and O–H groups in total. The fourth-order valence-electron chi connectivity index (χ4n) is 2.87. The van der Waals surface area contributed by atoms with Crippen molar-refractivity contribution in [3.63, 3.8) is 0 Å². The van der Waals surface area contributed by atoms with Gasteiger partial charge in [-0.15, -0.1) is 0 Å². The van der Waals surface area contributed by atoms with E-state index in [1.807, 2.05) is 7.05 Å². The molecule has 1 saturated carbocycles. The largest absolute Gasteiger partial charge is 0.490 e. The Hall–Kier alpha value is -1.02. The van der Waals surface area contributed by atoms with E-state index in [0.717, 1.165) is 18.6 Å². The van der Waals surface area contributed by atoms with Gasteiger partial charge in [0.25, 0.3) is 0 Å². The van der Waals surface area contributed by atoms with Crippen molar-refractivity contribution in [3.8, 4) is 5.75 Å². The van der Waals surface area contributed by atoms with Gasteiger partial charge in [0.2, 0.25) is 0 Å². The summed E-state index contributed by atoms with van der Waals surface area (Å²) in [6, 6.07) is 7.14. The smallest absolute Gasteiger partial charge is 0.120 e. The van der Waals surface area contributed by atoms with Gasteiger partial charge in [0, 0.05) is 6.04 Å². The zero-order valence-electron chi connectivity index (χ0n) is 12.0. The third-order valence-electron chi connectivity index (χ3n) is 3.96. The van der Waals surface area contributed by atoms with E-state index in [9.17, 15) is 0 Å². The van der Waals surface area contributed by atoms with Gasteiger partial charge in [0.05, 0.1) is 0 Å². The molecule has 2 unspecified atom stereocenters. The fraction of sp³-hybridized carbons (Fsp3) is 0.625. The van der Waals surface area contributed by atoms with E-state index in [4.69, 9.17) is 4.74 Å². The van der Waals surface area contributed by atoms with Crippen molar-refractivity contribution < 1.29 is 4.74 Å². The molecule has 0 saturated heterocycles. The van der Waals surface area contributed by atoms with Gasteiger partial charge in [0.1, 0.15) is 11.9 Å². The van der Waals surface area contributed by atoms with Gasteiger partial charge in [0.15, 0.2) is 0 Å². The number of aryl methyl sites for hydroxylation is 1. The van der Waals surface area contributed by atoms with Crippen LogP contribution in [0.4, 0.5) is 0 Å². The summed E-state index contributed by atoms with van der Waals surface area (Å²) in [5.74, 6) is 1.61. The average Bonchev–Trinajstić information content (AvgIpc) is 2.76. The van der Waals surface area contributed by atoms with Crippen LogP contribution in [0.15, 0.2) is 18.2 Å². The number of hydrogen-bond donors (Lipinski definition) is 1. The lowest BCUT2D eigenvalue weighted by molar-refractivity contribution is 0.206. The van der Waals surface area contributed by atoms with E-state index in [0.29, 0.717) is 18.1 Å². The van der Waals surface area contributed by atoms with E-state index in [2.05, 4.69) is 44.3 Å². The molecule has 0 heterocycles. The molecule has 0 radical (unpaired) electrons. The summed E-state index contributed by atoms with van der Waals surface area (Å²) in [7, 11) is 2.04. The van der Waals surface area contributed by atoms with Crippen LogP contribution in [-0.2, 0) is 0 Å². The minimum atomic E-state index is 0.381. The van der Waals surface area contributed by atoms with Crippen LogP contribution in [0.3, 0.4) is 0 Å². The molecule has 2 rings (SSSR count). The van der Waals surface area contributed by atoms with Gasteiger partial charge in [-0.05, 0) is 62.4 Å². The van der Waals surface area contributed by atoms with Crippen LogP contribution in [-0.4, -0.2) is 19.2 Å². The van der Waals surface area contributed by atoms with Crippen molar-refractivity contribution in [2.75, 3.05) is 7.05 Å². The molecule has 2 nitrogen and oxygen atoms in total. The van der Waals surface area contributed by atoms with E-state index >= 15 is 0 Å². The second kappa shape index (κ2) is 5.75. The molecule has 0 amide bonds. The predicted molar refractivity (Wildman–Crippen MR) is 76.4 cm³/mol. The van der Waals surface area contributed by atoms with Gasteiger partial charge in [-0.1, -0.05) is 19.9 Å². The second-order valence-corrected chi connectivity index (χ2v) is 5.71. The molecule has 1 aromatic carbocycles. The van der Waals surface area contributed by atoms with Crippen LogP contribution < -0.4 is 10.1 Å². The zero-order chi connectivity index (χ0) is 13.1. The normalized spacial score (nSPS) is 23.6. The lowest BCUT2D eigenvalue weighted by Crippen LogP contribution is -2.23. The highest BCUT2D eigenvalue weighted by Crippen LogP contribution is 2.27. The molecule has 1 fully saturated rings. The Kier molecular flexibility index (Phi) is 4.28. The summed E-state index contributed by atoms with van der Waals surface area (Å²) in [6.45, 7) is 6.64. The lowest BCUT2D eigenvalue weighted by Gasteiger charge is -2.16. The summed E-state index contributed by atoms with van der Waals surface area (Å²) in [6.07, 6.45) is 3.90.